The van der Waals surface area contributed by atoms with Crippen LogP contribution in [0.3, 0.4) is 0 Å². The zero-order valence-corrected chi connectivity index (χ0v) is 7.02. The van der Waals surface area contributed by atoms with Crippen molar-refractivity contribution in [3.8, 4) is 12.1 Å². The van der Waals surface area contributed by atoms with Gasteiger partial charge in [0.2, 0.25) is 0 Å². The maximum absolute atomic E-state index is 11.1. The Kier molecular flexibility index (Phi) is 1.55. The molecule has 1 aliphatic heterocycles. The first-order valence-electron chi connectivity index (χ1n) is 3.89. The van der Waals surface area contributed by atoms with Crippen molar-refractivity contribution in [3.05, 3.63) is 22.1 Å². The van der Waals surface area contributed by atoms with E-state index in [0.29, 0.717) is 12.6 Å². The monoisotopic (exact) mass is 177 g/mol. The molecular formula is C8H7N3O2. The first-order valence-corrected chi connectivity index (χ1v) is 3.89. The average Bonchev–Trinajstić information content (AvgIpc) is 2.42. The molecule has 1 aromatic heterocycles. The SMILES string of the molecule is CC1Cn2cc(C#N)c(=O)nc2O1. The molecule has 0 saturated heterocycles. The molecule has 0 spiro atoms. The molecule has 5 heteroatoms. The van der Waals surface area contributed by atoms with Gasteiger partial charge in [0.1, 0.15) is 17.7 Å². The maximum Gasteiger partial charge on any atom is 0.300 e. The molecule has 1 atom stereocenters. The lowest BCUT2D eigenvalue weighted by Crippen LogP contribution is -2.13. The van der Waals surface area contributed by atoms with Crippen LogP contribution in [0.2, 0.25) is 0 Å². The van der Waals surface area contributed by atoms with Gasteiger partial charge in [-0.3, -0.25) is 9.36 Å². The summed E-state index contributed by atoms with van der Waals surface area (Å²) in [4.78, 5) is 14.7. The minimum Gasteiger partial charge on any atom is -0.460 e. The molecule has 2 heterocycles. The number of hydrogen-bond acceptors (Lipinski definition) is 4. The predicted octanol–water partition coefficient (Wildman–Crippen LogP) is -0.104. The highest BCUT2D eigenvalue weighted by molar-refractivity contribution is 5.24. The number of rotatable bonds is 0. The number of ether oxygens (including phenoxy) is 1. The molecule has 1 aromatic rings. The van der Waals surface area contributed by atoms with Crippen LogP contribution < -0.4 is 10.3 Å². The quantitative estimate of drug-likeness (QED) is 0.554. The largest absolute Gasteiger partial charge is 0.460 e. The fraction of sp³-hybridized carbons (Fsp3) is 0.375. The molecule has 0 N–H and O–H groups in total. The van der Waals surface area contributed by atoms with Crippen molar-refractivity contribution in [2.45, 2.75) is 19.6 Å². The highest BCUT2D eigenvalue weighted by Crippen LogP contribution is 2.16. The number of nitriles is 1. The lowest BCUT2D eigenvalue weighted by Gasteiger charge is -1.97. The van der Waals surface area contributed by atoms with Gasteiger partial charge < -0.3 is 4.74 Å². The summed E-state index contributed by atoms with van der Waals surface area (Å²) in [7, 11) is 0. The summed E-state index contributed by atoms with van der Waals surface area (Å²) in [6, 6.07) is 2.09. The first kappa shape index (κ1) is 7.80. The Morgan fingerprint density at radius 2 is 2.62 bits per heavy atom. The zero-order chi connectivity index (χ0) is 9.42. The third kappa shape index (κ3) is 1.16. The lowest BCUT2D eigenvalue weighted by molar-refractivity contribution is 0.245. The van der Waals surface area contributed by atoms with E-state index in [9.17, 15) is 4.79 Å². The standard InChI is InChI=1S/C8H7N3O2/c1-5-3-11-4-6(2-9)7(12)10-8(11)13-5/h4-5H,3H2,1H3. The summed E-state index contributed by atoms with van der Waals surface area (Å²) < 4.78 is 6.90. The molecule has 2 rings (SSSR count). The van der Waals surface area contributed by atoms with E-state index in [4.69, 9.17) is 10.00 Å². The average molecular weight is 177 g/mol. The Bertz CT molecular complexity index is 444. The van der Waals surface area contributed by atoms with E-state index in [1.54, 1.807) is 10.6 Å². The third-order valence-electron chi connectivity index (χ3n) is 1.84. The molecule has 0 bridgehead atoms. The second-order valence-electron chi connectivity index (χ2n) is 2.93. The van der Waals surface area contributed by atoms with Crippen LogP contribution in [0.5, 0.6) is 6.01 Å². The van der Waals surface area contributed by atoms with Crippen molar-refractivity contribution in [2.24, 2.45) is 0 Å². The van der Waals surface area contributed by atoms with Gasteiger partial charge in [0.25, 0.3) is 11.6 Å². The third-order valence-corrected chi connectivity index (χ3v) is 1.84. The van der Waals surface area contributed by atoms with Gasteiger partial charge in [0.15, 0.2) is 0 Å². The summed E-state index contributed by atoms with van der Waals surface area (Å²) in [6.45, 7) is 2.52. The van der Waals surface area contributed by atoms with Crippen molar-refractivity contribution < 1.29 is 4.74 Å². The van der Waals surface area contributed by atoms with Crippen molar-refractivity contribution in [2.75, 3.05) is 0 Å². The molecule has 0 aliphatic carbocycles. The summed E-state index contributed by atoms with van der Waals surface area (Å²) in [6.07, 6.45) is 1.49. The molecule has 13 heavy (non-hydrogen) atoms. The van der Waals surface area contributed by atoms with Crippen LogP contribution in [0.15, 0.2) is 11.0 Å². The molecule has 1 aliphatic rings. The van der Waals surface area contributed by atoms with Crippen LogP contribution in [-0.4, -0.2) is 15.7 Å². The summed E-state index contributed by atoms with van der Waals surface area (Å²) in [5.41, 5.74) is -0.468. The Morgan fingerprint density at radius 3 is 3.31 bits per heavy atom. The Labute approximate surface area is 74.2 Å². The van der Waals surface area contributed by atoms with E-state index < -0.39 is 5.56 Å². The minimum absolute atomic E-state index is 0.0147. The van der Waals surface area contributed by atoms with E-state index >= 15 is 0 Å². The molecule has 5 nitrogen and oxygen atoms in total. The van der Waals surface area contributed by atoms with Gasteiger partial charge in [-0.05, 0) is 6.92 Å². The molecule has 1 unspecified atom stereocenters. The van der Waals surface area contributed by atoms with Crippen molar-refractivity contribution in [1.29, 1.82) is 5.26 Å². The Morgan fingerprint density at radius 1 is 1.85 bits per heavy atom. The summed E-state index contributed by atoms with van der Waals surface area (Å²) >= 11 is 0. The van der Waals surface area contributed by atoms with Gasteiger partial charge in [0.05, 0.1) is 6.54 Å². The Balaban J connectivity index is 2.58. The van der Waals surface area contributed by atoms with E-state index in [-0.39, 0.29) is 11.7 Å². The van der Waals surface area contributed by atoms with Crippen molar-refractivity contribution in [1.82, 2.24) is 9.55 Å². The second kappa shape index (κ2) is 2.59. The van der Waals surface area contributed by atoms with Gasteiger partial charge >= 0.3 is 0 Å². The Hall–Kier alpha value is -1.83. The van der Waals surface area contributed by atoms with Crippen LogP contribution in [0, 0.1) is 11.3 Å². The fourth-order valence-corrected chi connectivity index (χ4v) is 1.27. The van der Waals surface area contributed by atoms with Crippen LogP contribution in [-0.2, 0) is 6.54 Å². The van der Waals surface area contributed by atoms with Gasteiger partial charge in [0, 0.05) is 6.20 Å². The highest BCUT2D eigenvalue weighted by atomic mass is 16.5. The fourth-order valence-electron chi connectivity index (χ4n) is 1.27. The molecule has 0 amide bonds. The number of fused-ring (bicyclic) bond motifs is 1. The zero-order valence-electron chi connectivity index (χ0n) is 7.02. The number of aromatic nitrogens is 2. The van der Waals surface area contributed by atoms with E-state index in [1.807, 2.05) is 6.92 Å². The highest BCUT2D eigenvalue weighted by Gasteiger charge is 2.20. The van der Waals surface area contributed by atoms with Crippen LogP contribution in [0.4, 0.5) is 0 Å². The summed E-state index contributed by atoms with van der Waals surface area (Å²) in [5.74, 6) is 0. The molecular weight excluding hydrogens is 170 g/mol. The van der Waals surface area contributed by atoms with Crippen LogP contribution in [0.25, 0.3) is 0 Å². The maximum atomic E-state index is 11.1. The van der Waals surface area contributed by atoms with E-state index in [1.165, 1.54) is 6.20 Å². The van der Waals surface area contributed by atoms with Gasteiger partial charge in [-0.15, -0.1) is 0 Å². The van der Waals surface area contributed by atoms with Crippen LogP contribution in [0.1, 0.15) is 12.5 Å². The van der Waals surface area contributed by atoms with E-state index in [0.717, 1.165) is 0 Å². The topological polar surface area (TPSA) is 67.9 Å². The van der Waals surface area contributed by atoms with Gasteiger partial charge in [-0.25, -0.2) is 0 Å². The molecule has 0 aromatic carbocycles. The van der Waals surface area contributed by atoms with Gasteiger partial charge in [-0.1, -0.05) is 0 Å². The molecule has 0 saturated carbocycles. The number of nitrogens with zero attached hydrogens (tertiary/aromatic N) is 3. The minimum atomic E-state index is -0.525. The molecule has 0 radical (unpaired) electrons. The summed E-state index contributed by atoms with van der Waals surface area (Å²) in [5, 5.41) is 8.57. The predicted molar refractivity (Wildman–Crippen MR) is 43.3 cm³/mol. The molecule has 66 valence electrons. The van der Waals surface area contributed by atoms with Crippen LogP contribution >= 0.6 is 0 Å². The van der Waals surface area contributed by atoms with Gasteiger partial charge in [-0.2, -0.15) is 10.2 Å². The smallest absolute Gasteiger partial charge is 0.300 e. The first-order chi connectivity index (χ1) is 6.20. The lowest BCUT2D eigenvalue weighted by atomic mass is 10.3. The molecule has 0 fully saturated rings. The second-order valence-corrected chi connectivity index (χ2v) is 2.93. The van der Waals surface area contributed by atoms with Crippen molar-refractivity contribution in [3.63, 3.8) is 0 Å². The number of hydrogen-bond donors (Lipinski definition) is 0. The van der Waals surface area contributed by atoms with E-state index in [2.05, 4.69) is 4.98 Å². The van der Waals surface area contributed by atoms with Crippen molar-refractivity contribution >= 4 is 0 Å². The normalized spacial score (nSPS) is 18.9.